The van der Waals surface area contributed by atoms with Crippen molar-refractivity contribution in [3.63, 3.8) is 0 Å². The van der Waals surface area contributed by atoms with Gasteiger partial charge in [0.25, 0.3) is 0 Å². The maximum atomic E-state index is 12.9. The molecule has 0 N–H and O–H groups in total. The van der Waals surface area contributed by atoms with Crippen LogP contribution in [0.5, 0.6) is 0 Å². The Morgan fingerprint density at radius 2 is 2.00 bits per heavy atom. The number of Topliss-reactive ketones (excluding diaryl/α,β-unsaturated/α-hetero) is 1. The Morgan fingerprint density at radius 3 is 2.58 bits per heavy atom. The van der Waals surface area contributed by atoms with Crippen LogP contribution in [0.2, 0.25) is 0 Å². The first-order valence-corrected chi connectivity index (χ1v) is 6.91. The van der Waals surface area contributed by atoms with Crippen LogP contribution in [0.15, 0.2) is 29.4 Å². The van der Waals surface area contributed by atoms with Gasteiger partial charge in [0.05, 0.1) is 5.75 Å². The summed E-state index contributed by atoms with van der Waals surface area (Å²) in [6.07, 6.45) is 0. The van der Waals surface area contributed by atoms with E-state index in [1.165, 1.54) is 23.9 Å². The van der Waals surface area contributed by atoms with Gasteiger partial charge in [0, 0.05) is 12.1 Å². The average molecular weight is 279 g/mol. The summed E-state index contributed by atoms with van der Waals surface area (Å²) in [5.41, 5.74) is 0.811. The molecule has 1 aromatic carbocycles. The second-order valence-electron chi connectivity index (χ2n) is 4.05. The van der Waals surface area contributed by atoms with Crippen LogP contribution in [0, 0.1) is 5.82 Å². The zero-order valence-electron chi connectivity index (χ0n) is 10.8. The minimum absolute atomic E-state index is 0.0963. The molecule has 0 aliphatic rings. The number of thioether (sulfide) groups is 1. The van der Waals surface area contributed by atoms with E-state index >= 15 is 0 Å². The molecule has 0 aliphatic carbocycles. The summed E-state index contributed by atoms with van der Waals surface area (Å²) in [5.74, 6) is 0.881. The van der Waals surface area contributed by atoms with Crippen LogP contribution in [0.4, 0.5) is 4.39 Å². The SMILES string of the molecule is CCn1c(SCC(C)=O)nnc1-c1ccc(F)cc1. The summed E-state index contributed by atoms with van der Waals surface area (Å²) in [4.78, 5) is 11.0. The average Bonchev–Trinajstić information content (AvgIpc) is 2.80. The van der Waals surface area contributed by atoms with Crippen LogP contribution in [-0.2, 0) is 11.3 Å². The predicted molar refractivity (Wildman–Crippen MR) is 72.5 cm³/mol. The van der Waals surface area contributed by atoms with Gasteiger partial charge in [0.2, 0.25) is 0 Å². The van der Waals surface area contributed by atoms with Crippen LogP contribution in [-0.4, -0.2) is 26.3 Å². The number of rotatable bonds is 5. The van der Waals surface area contributed by atoms with Crippen molar-refractivity contribution < 1.29 is 9.18 Å². The summed E-state index contributed by atoms with van der Waals surface area (Å²) in [6.45, 7) is 4.22. The molecule has 4 nitrogen and oxygen atoms in total. The third-order valence-electron chi connectivity index (χ3n) is 2.54. The highest BCUT2D eigenvalue weighted by Gasteiger charge is 2.13. The van der Waals surface area contributed by atoms with Gasteiger partial charge in [0.1, 0.15) is 11.6 Å². The molecule has 0 saturated heterocycles. The molecule has 0 atom stereocenters. The molecule has 0 aliphatic heterocycles. The molecule has 2 aromatic rings. The third-order valence-corrected chi connectivity index (χ3v) is 3.65. The van der Waals surface area contributed by atoms with E-state index in [-0.39, 0.29) is 11.6 Å². The van der Waals surface area contributed by atoms with E-state index < -0.39 is 0 Å². The van der Waals surface area contributed by atoms with Crippen molar-refractivity contribution in [3.05, 3.63) is 30.1 Å². The van der Waals surface area contributed by atoms with E-state index in [0.717, 1.165) is 5.56 Å². The molecule has 1 heterocycles. The van der Waals surface area contributed by atoms with Gasteiger partial charge in [-0.2, -0.15) is 0 Å². The summed E-state index contributed by atoms with van der Waals surface area (Å²) in [7, 11) is 0. The standard InChI is InChI=1S/C13H14FN3OS/c1-3-17-12(10-4-6-11(14)7-5-10)15-16-13(17)19-8-9(2)18/h4-7H,3,8H2,1-2H3. The van der Waals surface area contributed by atoms with Crippen LogP contribution in [0.1, 0.15) is 13.8 Å². The van der Waals surface area contributed by atoms with E-state index in [0.29, 0.717) is 23.3 Å². The molecule has 0 amide bonds. The molecule has 100 valence electrons. The number of aromatic nitrogens is 3. The van der Waals surface area contributed by atoms with Crippen LogP contribution < -0.4 is 0 Å². The van der Waals surface area contributed by atoms with Gasteiger partial charge in [-0.25, -0.2) is 4.39 Å². The lowest BCUT2D eigenvalue weighted by Crippen LogP contribution is -2.02. The fourth-order valence-electron chi connectivity index (χ4n) is 1.66. The summed E-state index contributed by atoms with van der Waals surface area (Å²) in [5, 5.41) is 8.92. The number of benzene rings is 1. The minimum Gasteiger partial charge on any atom is -0.302 e. The Bertz CT molecular complexity index is 580. The van der Waals surface area contributed by atoms with Crippen molar-refractivity contribution in [2.45, 2.75) is 25.5 Å². The van der Waals surface area contributed by atoms with Gasteiger partial charge in [-0.1, -0.05) is 11.8 Å². The first-order valence-electron chi connectivity index (χ1n) is 5.93. The van der Waals surface area contributed by atoms with Crippen molar-refractivity contribution in [1.29, 1.82) is 0 Å². The number of hydrogen-bond donors (Lipinski definition) is 0. The summed E-state index contributed by atoms with van der Waals surface area (Å²) >= 11 is 1.36. The molecule has 0 spiro atoms. The Morgan fingerprint density at radius 1 is 1.32 bits per heavy atom. The topological polar surface area (TPSA) is 47.8 Å². The number of carbonyl (C=O) groups excluding carboxylic acids is 1. The number of nitrogens with zero attached hydrogens (tertiary/aromatic N) is 3. The molecule has 6 heteroatoms. The van der Waals surface area contributed by atoms with Crippen molar-refractivity contribution in [2.75, 3.05) is 5.75 Å². The zero-order chi connectivity index (χ0) is 13.8. The number of carbonyl (C=O) groups is 1. The largest absolute Gasteiger partial charge is 0.302 e. The van der Waals surface area contributed by atoms with Crippen LogP contribution >= 0.6 is 11.8 Å². The highest BCUT2D eigenvalue weighted by atomic mass is 32.2. The molecule has 0 unspecified atom stereocenters. The smallest absolute Gasteiger partial charge is 0.191 e. The third kappa shape index (κ3) is 3.20. The van der Waals surface area contributed by atoms with Gasteiger partial charge < -0.3 is 4.57 Å². The van der Waals surface area contributed by atoms with Crippen LogP contribution in [0.3, 0.4) is 0 Å². The van der Waals surface area contributed by atoms with E-state index in [4.69, 9.17) is 0 Å². The maximum absolute atomic E-state index is 12.9. The zero-order valence-corrected chi connectivity index (χ0v) is 11.6. The van der Waals surface area contributed by atoms with Crippen molar-refractivity contribution in [2.24, 2.45) is 0 Å². The van der Waals surface area contributed by atoms with Crippen LogP contribution in [0.25, 0.3) is 11.4 Å². The lowest BCUT2D eigenvalue weighted by atomic mass is 10.2. The summed E-state index contributed by atoms with van der Waals surface area (Å²) in [6, 6.07) is 6.13. The molecule has 0 fully saturated rings. The van der Waals surface area contributed by atoms with Crippen molar-refractivity contribution >= 4 is 17.5 Å². The Kier molecular flexibility index (Phi) is 4.31. The van der Waals surface area contributed by atoms with Gasteiger partial charge in [-0.05, 0) is 38.1 Å². The van der Waals surface area contributed by atoms with E-state index in [1.54, 1.807) is 19.1 Å². The fourth-order valence-corrected chi connectivity index (χ4v) is 2.46. The summed E-state index contributed by atoms with van der Waals surface area (Å²) < 4.78 is 14.8. The Labute approximate surface area is 115 Å². The molecule has 19 heavy (non-hydrogen) atoms. The van der Waals surface area contributed by atoms with Gasteiger partial charge in [-0.3, -0.25) is 4.79 Å². The highest BCUT2D eigenvalue weighted by molar-refractivity contribution is 7.99. The lowest BCUT2D eigenvalue weighted by molar-refractivity contribution is -0.114. The monoisotopic (exact) mass is 279 g/mol. The molecule has 2 rings (SSSR count). The normalized spacial score (nSPS) is 10.7. The van der Waals surface area contributed by atoms with Crippen molar-refractivity contribution in [3.8, 4) is 11.4 Å². The Hall–Kier alpha value is -1.69. The maximum Gasteiger partial charge on any atom is 0.191 e. The van der Waals surface area contributed by atoms with E-state index in [1.807, 2.05) is 11.5 Å². The first kappa shape index (κ1) is 13.7. The number of ketones is 1. The van der Waals surface area contributed by atoms with Gasteiger partial charge in [-0.15, -0.1) is 10.2 Å². The molecule has 0 radical (unpaired) electrons. The minimum atomic E-state index is -0.280. The molecular formula is C13H14FN3OS. The molecule has 0 saturated carbocycles. The molecular weight excluding hydrogens is 265 g/mol. The number of hydrogen-bond acceptors (Lipinski definition) is 4. The second-order valence-corrected chi connectivity index (χ2v) is 4.99. The fraction of sp³-hybridized carbons (Fsp3) is 0.308. The molecule has 0 bridgehead atoms. The quantitative estimate of drug-likeness (QED) is 0.790. The van der Waals surface area contributed by atoms with Gasteiger partial charge >= 0.3 is 0 Å². The number of halogens is 1. The lowest BCUT2D eigenvalue weighted by Gasteiger charge is -2.06. The highest BCUT2D eigenvalue weighted by Crippen LogP contribution is 2.24. The van der Waals surface area contributed by atoms with Gasteiger partial charge in [0.15, 0.2) is 11.0 Å². The Balaban J connectivity index is 2.31. The van der Waals surface area contributed by atoms with Crippen molar-refractivity contribution in [1.82, 2.24) is 14.8 Å². The van der Waals surface area contributed by atoms with E-state index in [2.05, 4.69) is 10.2 Å². The first-order chi connectivity index (χ1) is 9.11. The predicted octanol–water partition coefficient (Wildman–Crippen LogP) is 2.79. The van der Waals surface area contributed by atoms with E-state index in [9.17, 15) is 9.18 Å². The second kappa shape index (κ2) is 5.97. The molecule has 1 aromatic heterocycles.